The lowest BCUT2D eigenvalue weighted by Crippen LogP contribution is -2.42. The SMILES string of the molecule is COC(=O)CCCCNC(=O)N(CCC(C)C)CCC(C)C. The summed E-state index contributed by atoms with van der Waals surface area (Å²) in [6, 6.07) is 0.0133. The fourth-order valence-electron chi connectivity index (χ4n) is 1.95. The maximum absolute atomic E-state index is 12.2. The molecule has 0 aromatic carbocycles. The molecule has 5 nitrogen and oxygen atoms in total. The molecule has 1 N–H and O–H groups in total. The highest BCUT2D eigenvalue weighted by Gasteiger charge is 2.13. The molecule has 0 saturated heterocycles. The van der Waals surface area contributed by atoms with Gasteiger partial charge in [-0.05, 0) is 37.5 Å². The minimum Gasteiger partial charge on any atom is -0.469 e. The number of esters is 1. The van der Waals surface area contributed by atoms with Crippen LogP contribution in [-0.4, -0.2) is 43.6 Å². The zero-order valence-corrected chi connectivity index (χ0v) is 15.0. The number of nitrogens with zero attached hydrogens (tertiary/aromatic N) is 1. The predicted octanol–water partition coefficient (Wildman–Crippen LogP) is 3.43. The van der Waals surface area contributed by atoms with Crippen molar-refractivity contribution in [1.82, 2.24) is 10.2 Å². The van der Waals surface area contributed by atoms with Crippen LogP contribution in [0.3, 0.4) is 0 Å². The number of unbranched alkanes of at least 4 members (excludes halogenated alkanes) is 1. The highest BCUT2D eigenvalue weighted by Crippen LogP contribution is 2.07. The van der Waals surface area contributed by atoms with Crippen LogP contribution in [-0.2, 0) is 9.53 Å². The van der Waals surface area contributed by atoms with Gasteiger partial charge in [0.1, 0.15) is 0 Å². The molecular weight excluding hydrogens is 280 g/mol. The monoisotopic (exact) mass is 314 g/mol. The number of ether oxygens (including phenoxy) is 1. The minimum atomic E-state index is -0.193. The Bertz CT molecular complexity index is 305. The van der Waals surface area contributed by atoms with E-state index in [1.54, 1.807) is 0 Å². The summed E-state index contributed by atoms with van der Waals surface area (Å²) in [4.78, 5) is 25.2. The van der Waals surface area contributed by atoms with Crippen LogP contribution in [0, 0.1) is 11.8 Å². The Balaban J connectivity index is 4.06. The summed E-state index contributed by atoms with van der Waals surface area (Å²) in [5, 5.41) is 2.96. The normalized spacial score (nSPS) is 10.9. The molecule has 0 radical (unpaired) electrons. The summed E-state index contributed by atoms with van der Waals surface area (Å²) in [5.41, 5.74) is 0. The Hall–Kier alpha value is -1.26. The van der Waals surface area contributed by atoms with Gasteiger partial charge in [-0.15, -0.1) is 0 Å². The zero-order valence-electron chi connectivity index (χ0n) is 15.0. The molecule has 0 aliphatic rings. The van der Waals surface area contributed by atoms with Gasteiger partial charge >= 0.3 is 12.0 Å². The molecule has 22 heavy (non-hydrogen) atoms. The molecule has 0 heterocycles. The molecule has 0 saturated carbocycles. The van der Waals surface area contributed by atoms with E-state index in [-0.39, 0.29) is 12.0 Å². The molecule has 0 rings (SSSR count). The second-order valence-electron chi connectivity index (χ2n) is 6.62. The average Bonchev–Trinajstić information content (AvgIpc) is 2.45. The van der Waals surface area contributed by atoms with Gasteiger partial charge in [-0.3, -0.25) is 4.79 Å². The first kappa shape index (κ1) is 20.7. The van der Waals surface area contributed by atoms with E-state index >= 15 is 0 Å². The van der Waals surface area contributed by atoms with Gasteiger partial charge in [-0.2, -0.15) is 0 Å². The third-order valence-corrected chi connectivity index (χ3v) is 3.55. The van der Waals surface area contributed by atoms with E-state index in [2.05, 4.69) is 37.7 Å². The number of methoxy groups -OCH3 is 1. The van der Waals surface area contributed by atoms with Gasteiger partial charge < -0.3 is 15.0 Å². The van der Waals surface area contributed by atoms with Crippen LogP contribution in [0.1, 0.15) is 59.8 Å². The Morgan fingerprint density at radius 2 is 1.55 bits per heavy atom. The van der Waals surface area contributed by atoms with E-state index in [4.69, 9.17) is 0 Å². The fraction of sp³-hybridized carbons (Fsp3) is 0.882. The van der Waals surface area contributed by atoms with Gasteiger partial charge in [0.2, 0.25) is 0 Å². The Labute approximate surface area is 135 Å². The largest absolute Gasteiger partial charge is 0.469 e. The number of hydrogen-bond acceptors (Lipinski definition) is 3. The second-order valence-corrected chi connectivity index (χ2v) is 6.62. The molecular formula is C17H34N2O3. The topological polar surface area (TPSA) is 58.6 Å². The maximum Gasteiger partial charge on any atom is 0.317 e. The number of carbonyl (C=O) groups excluding carboxylic acids is 2. The summed E-state index contributed by atoms with van der Waals surface area (Å²) < 4.78 is 4.59. The summed E-state index contributed by atoms with van der Waals surface area (Å²) in [6.07, 6.45) is 3.99. The average molecular weight is 314 g/mol. The molecule has 2 amide bonds. The van der Waals surface area contributed by atoms with E-state index in [0.717, 1.165) is 38.8 Å². The highest BCUT2D eigenvalue weighted by molar-refractivity contribution is 5.74. The van der Waals surface area contributed by atoms with E-state index in [9.17, 15) is 9.59 Å². The first-order chi connectivity index (χ1) is 10.4. The first-order valence-corrected chi connectivity index (χ1v) is 8.46. The number of nitrogens with one attached hydrogen (secondary N) is 1. The van der Waals surface area contributed by atoms with Gasteiger partial charge in [0.05, 0.1) is 7.11 Å². The van der Waals surface area contributed by atoms with Crippen LogP contribution in [0.5, 0.6) is 0 Å². The molecule has 130 valence electrons. The zero-order chi connectivity index (χ0) is 17.0. The molecule has 0 aromatic heterocycles. The van der Waals surface area contributed by atoms with E-state index in [1.165, 1.54) is 7.11 Å². The van der Waals surface area contributed by atoms with Gasteiger partial charge in [0.15, 0.2) is 0 Å². The van der Waals surface area contributed by atoms with Crippen molar-refractivity contribution in [3.63, 3.8) is 0 Å². The molecule has 5 heteroatoms. The van der Waals surface area contributed by atoms with Crippen molar-refractivity contribution in [2.75, 3.05) is 26.7 Å². The Morgan fingerprint density at radius 1 is 1.00 bits per heavy atom. The first-order valence-electron chi connectivity index (χ1n) is 8.46. The number of rotatable bonds is 11. The van der Waals surface area contributed by atoms with Crippen molar-refractivity contribution in [2.45, 2.75) is 59.8 Å². The third kappa shape index (κ3) is 11.4. The van der Waals surface area contributed by atoms with Gasteiger partial charge in [0.25, 0.3) is 0 Å². The lowest BCUT2D eigenvalue weighted by Gasteiger charge is -2.24. The summed E-state index contributed by atoms with van der Waals surface area (Å²) in [5.74, 6) is 0.991. The van der Waals surface area contributed by atoms with Crippen molar-refractivity contribution in [2.24, 2.45) is 11.8 Å². The van der Waals surface area contributed by atoms with E-state index < -0.39 is 0 Å². The standard InChI is InChI=1S/C17H34N2O3/c1-14(2)9-12-19(13-10-15(3)4)17(21)18-11-7-6-8-16(20)22-5/h14-15H,6-13H2,1-5H3,(H,18,21). The van der Waals surface area contributed by atoms with Crippen LogP contribution in [0.25, 0.3) is 0 Å². The van der Waals surface area contributed by atoms with E-state index in [1.807, 2.05) is 4.90 Å². The van der Waals surface area contributed by atoms with Crippen molar-refractivity contribution >= 4 is 12.0 Å². The predicted molar refractivity (Wildman–Crippen MR) is 89.7 cm³/mol. The molecule has 0 unspecified atom stereocenters. The molecule has 0 aliphatic carbocycles. The van der Waals surface area contributed by atoms with Crippen LogP contribution in [0.4, 0.5) is 4.79 Å². The quantitative estimate of drug-likeness (QED) is 0.469. The minimum absolute atomic E-state index is 0.0133. The van der Waals surface area contributed by atoms with Crippen molar-refractivity contribution in [3.8, 4) is 0 Å². The van der Waals surface area contributed by atoms with Crippen LogP contribution in [0.2, 0.25) is 0 Å². The molecule has 0 aliphatic heterocycles. The smallest absolute Gasteiger partial charge is 0.317 e. The lowest BCUT2D eigenvalue weighted by atomic mass is 10.1. The van der Waals surface area contributed by atoms with Crippen molar-refractivity contribution < 1.29 is 14.3 Å². The number of urea groups is 1. The van der Waals surface area contributed by atoms with Crippen LogP contribution < -0.4 is 5.32 Å². The van der Waals surface area contributed by atoms with E-state index in [0.29, 0.717) is 24.8 Å². The summed E-state index contributed by atoms with van der Waals surface area (Å²) >= 11 is 0. The van der Waals surface area contributed by atoms with Gasteiger partial charge in [0, 0.05) is 26.1 Å². The van der Waals surface area contributed by atoms with Gasteiger partial charge in [-0.25, -0.2) is 4.79 Å². The fourth-order valence-corrected chi connectivity index (χ4v) is 1.95. The Morgan fingerprint density at radius 3 is 2.00 bits per heavy atom. The van der Waals surface area contributed by atoms with Crippen LogP contribution in [0.15, 0.2) is 0 Å². The number of amides is 2. The maximum atomic E-state index is 12.2. The molecule has 0 fully saturated rings. The van der Waals surface area contributed by atoms with Crippen molar-refractivity contribution in [3.05, 3.63) is 0 Å². The highest BCUT2D eigenvalue weighted by atomic mass is 16.5. The third-order valence-electron chi connectivity index (χ3n) is 3.55. The molecule has 0 atom stereocenters. The molecule has 0 aromatic rings. The van der Waals surface area contributed by atoms with Crippen molar-refractivity contribution in [1.29, 1.82) is 0 Å². The molecule has 0 bridgehead atoms. The molecule has 0 spiro atoms. The Kier molecular flexibility index (Phi) is 11.6. The summed E-state index contributed by atoms with van der Waals surface area (Å²) in [7, 11) is 1.39. The second kappa shape index (κ2) is 12.3. The van der Waals surface area contributed by atoms with Crippen LogP contribution >= 0.6 is 0 Å². The lowest BCUT2D eigenvalue weighted by molar-refractivity contribution is -0.140. The number of carbonyl (C=O) groups is 2. The summed E-state index contributed by atoms with van der Waals surface area (Å²) in [6.45, 7) is 10.9. The van der Waals surface area contributed by atoms with Gasteiger partial charge in [-0.1, -0.05) is 27.7 Å². The number of hydrogen-bond donors (Lipinski definition) is 1.